The molecule has 110 valence electrons. The summed E-state index contributed by atoms with van der Waals surface area (Å²) in [5, 5.41) is 0.406. The highest BCUT2D eigenvalue weighted by atomic mass is 35.5. The summed E-state index contributed by atoms with van der Waals surface area (Å²) in [7, 11) is 0. The third kappa shape index (κ3) is 4.63. The van der Waals surface area contributed by atoms with E-state index in [1.807, 2.05) is 20.8 Å². The van der Waals surface area contributed by atoms with Crippen LogP contribution >= 0.6 is 11.6 Å². The van der Waals surface area contributed by atoms with Gasteiger partial charge in [0.1, 0.15) is 9.90 Å². The fraction of sp³-hybridized carbons (Fsp3) is 0.400. The van der Waals surface area contributed by atoms with E-state index in [0.29, 0.717) is 11.6 Å². The standard InChI is InChI=1S/C15H21ClN2OS/c1-6-8-13(18-20(19)15(3,4)5)12-9-14(16)17-10-11(12)7-2/h6-7,9-10,13,18H,1-2,8H2,3-5H3/t13?,20-/m0/s1. The molecule has 0 bridgehead atoms. The van der Waals surface area contributed by atoms with Crippen molar-refractivity contribution in [2.24, 2.45) is 0 Å². The molecule has 1 N–H and O–H groups in total. The summed E-state index contributed by atoms with van der Waals surface area (Å²) in [5.41, 5.74) is 1.80. The lowest BCUT2D eigenvalue weighted by Gasteiger charge is -2.28. The van der Waals surface area contributed by atoms with Crippen molar-refractivity contribution in [1.82, 2.24) is 9.71 Å². The van der Waals surface area contributed by atoms with Crippen LogP contribution < -0.4 is 4.72 Å². The van der Waals surface area contributed by atoms with Crippen LogP contribution in [0.4, 0.5) is 0 Å². The molecule has 0 aliphatic rings. The Bertz CT molecular complexity index is 485. The van der Waals surface area contributed by atoms with Gasteiger partial charge in [-0.25, -0.2) is 4.98 Å². The Balaban J connectivity index is 3.10. The molecule has 0 aromatic carbocycles. The number of rotatable bonds is 6. The summed E-state index contributed by atoms with van der Waals surface area (Å²) < 4.78 is 15.1. The Hall–Kier alpha value is -0.810. The molecule has 20 heavy (non-hydrogen) atoms. The molecule has 0 fully saturated rings. The van der Waals surface area contributed by atoms with Gasteiger partial charge in [-0.05, 0) is 44.4 Å². The van der Waals surface area contributed by atoms with Crippen LogP contribution in [0.15, 0.2) is 31.5 Å². The van der Waals surface area contributed by atoms with E-state index < -0.39 is 11.4 Å². The van der Waals surface area contributed by atoms with E-state index in [-0.39, 0.29) is 10.8 Å². The Labute approximate surface area is 129 Å². The predicted molar refractivity (Wildman–Crippen MR) is 87.9 cm³/mol. The van der Waals surface area contributed by atoms with Gasteiger partial charge in [-0.3, -0.25) is 0 Å². The maximum atomic E-state index is 12.3. The quantitative estimate of drug-likeness (QED) is 0.490. The zero-order valence-electron chi connectivity index (χ0n) is 12.1. The Kier molecular flexibility index (Phi) is 6.27. The second kappa shape index (κ2) is 7.27. The second-order valence-corrected chi connectivity index (χ2v) is 7.80. The van der Waals surface area contributed by atoms with Gasteiger partial charge in [0.15, 0.2) is 0 Å². The average molecular weight is 313 g/mol. The van der Waals surface area contributed by atoms with Gasteiger partial charge in [0.2, 0.25) is 0 Å². The Morgan fingerprint density at radius 3 is 2.65 bits per heavy atom. The van der Waals surface area contributed by atoms with Gasteiger partial charge in [0.25, 0.3) is 0 Å². The van der Waals surface area contributed by atoms with Gasteiger partial charge < -0.3 is 4.55 Å². The monoisotopic (exact) mass is 312 g/mol. The molecule has 2 atom stereocenters. The first-order valence-corrected chi connectivity index (χ1v) is 7.89. The lowest BCUT2D eigenvalue weighted by Crippen LogP contribution is -2.41. The summed E-state index contributed by atoms with van der Waals surface area (Å²) in [5.74, 6) is 0. The molecule has 3 nitrogen and oxygen atoms in total. The summed E-state index contributed by atoms with van der Waals surface area (Å²) in [6.45, 7) is 13.3. The van der Waals surface area contributed by atoms with Crippen molar-refractivity contribution in [3.8, 4) is 0 Å². The minimum atomic E-state index is -1.18. The van der Waals surface area contributed by atoms with Gasteiger partial charge in [-0.15, -0.1) is 11.3 Å². The molecule has 1 unspecified atom stereocenters. The number of nitrogens with zero attached hydrogens (tertiary/aromatic N) is 1. The van der Waals surface area contributed by atoms with Gasteiger partial charge in [0.05, 0.1) is 6.04 Å². The predicted octanol–water partition coefficient (Wildman–Crippen LogP) is 4.05. The highest BCUT2D eigenvalue weighted by molar-refractivity contribution is 7.90. The molecular weight excluding hydrogens is 292 g/mol. The number of nitrogens with one attached hydrogen (secondary N) is 1. The zero-order chi connectivity index (χ0) is 15.3. The van der Waals surface area contributed by atoms with E-state index in [1.54, 1.807) is 24.4 Å². The molecule has 0 saturated heterocycles. The number of aromatic nitrogens is 1. The molecule has 0 spiro atoms. The van der Waals surface area contributed by atoms with Crippen molar-refractivity contribution in [3.05, 3.63) is 47.8 Å². The van der Waals surface area contributed by atoms with Crippen molar-refractivity contribution in [2.75, 3.05) is 0 Å². The molecule has 1 heterocycles. The van der Waals surface area contributed by atoms with Crippen molar-refractivity contribution in [2.45, 2.75) is 38.0 Å². The average Bonchev–Trinajstić information content (AvgIpc) is 2.37. The first kappa shape index (κ1) is 17.2. The van der Waals surface area contributed by atoms with Crippen LogP contribution in [0.1, 0.15) is 44.4 Å². The molecule has 1 aromatic heterocycles. The topological polar surface area (TPSA) is 48.0 Å². The van der Waals surface area contributed by atoms with Crippen molar-refractivity contribution >= 4 is 29.0 Å². The molecule has 0 amide bonds. The van der Waals surface area contributed by atoms with Crippen molar-refractivity contribution < 1.29 is 4.55 Å². The fourth-order valence-corrected chi connectivity index (χ4v) is 2.64. The van der Waals surface area contributed by atoms with E-state index in [0.717, 1.165) is 11.1 Å². The van der Waals surface area contributed by atoms with Crippen LogP contribution in [0.2, 0.25) is 5.15 Å². The second-order valence-electron chi connectivity index (χ2n) is 5.42. The molecular formula is C15H21ClN2OS. The van der Waals surface area contributed by atoms with Crippen molar-refractivity contribution in [3.63, 3.8) is 0 Å². The molecule has 0 radical (unpaired) electrons. The Morgan fingerprint density at radius 2 is 2.15 bits per heavy atom. The summed E-state index contributed by atoms with van der Waals surface area (Å²) in [6.07, 6.45) is 5.82. The lowest BCUT2D eigenvalue weighted by atomic mass is 10.0. The minimum Gasteiger partial charge on any atom is -0.598 e. The number of halogens is 1. The molecule has 5 heteroatoms. The SMILES string of the molecule is C=CCC(N[S@@+]([O-])C(C)(C)C)c1cc(Cl)ncc1C=C. The van der Waals surface area contributed by atoms with Gasteiger partial charge in [-0.2, -0.15) is 0 Å². The molecule has 1 aromatic rings. The first-order chi connectivity index (χ1) is 9.29. The summed E-state index contributed by atoms with van der Waals surface area (Å²) in [6, 6.07) is 1.64. The fourth-order valence-electron chi connectivity index (χ4n) is 1.64. The van der Waals surface area contributed by atoms with E-state index >= 15 is 0 Å². The number of hydrogen-bond acceptors (Lipinski definition) is 3. The normalized spacial score (nSPS) is 14.7. The largest absolute Gasteiger partial charge is 0.598 e. The van der Waals surface area contributed by atoms with E-state index in [1.165, 1.54) is 0 Å². The highest BCUT2D eigenvalue weighted by Crippen LogP contribution is 2.27. The van der Waals surface area contributed by atoms with E-state index in [2.05, 4.69) is 22.9 Å². The summed E-state index contributed by atoms with van der Waals surface area (Å²) in [4.78, 5) is 4.05. The molecule has 1 rings (SSSR count). The summed E-state index contributed by atoms with van der Waals surface area (Å²) >= 11 is 4.79. The van der Waals surface area contributed by atoms with Gasteiger partial charge in [-0.1, -0.05) is 30.3 Å². The number of hydrogen-bond donors (Lipinski definition) is 1. The maximum absolute atomic E-state index is 12.3. The van der Waals surface area contributed by atoms with Crippen LogP contribution in [-0.2, 0) is 11.4 Å². The van der Waals surface area contributed by atoms with Crippen LogP contribution in [-0.4, -0.2) is 14.3 Å². The van der Waals surface area contributed by atoms with Crippen molar-refractivity contribution in [1.29, 1.82) is 0 Å². The van der Waals surface area contributed by atoms with E-state index in [4.69, 9.17) is 11.6 Å². The lowest BCUT2D eigenvalue weighted by molar-refractivity contribution is 0.524. The van der Waals surface area contributed by atoms with Gasteiger partial charge >= 0.3 is 0 Å². The first-order valence-electron chi connectivity index (χ1n) is 6.36. The van der Waals surface area contributed by atoms with Crippen LogP contribution in [0.5, 0.6) is 0 Å². The number of pyridine rings is 1. The van der Waals surface area contributed by atoms with Crippen LogP contribution in [0, 0.1) is 0 Å². The molecule has 0 aliphatic heterocycles. The Morgan fingerprint density at radius 1 is 1.50 bits per heavy atom. The molecule has 0 saturated carbocycles. The minimum absolute atomic E-state index is 0.138. The third-order valence-corrected chi connectivity index (χ3v) is 4.56. The zero-order valence-corrected chi connectivity index (χ0v) is 13.7. The van der Waals surface area contributed by atoms with Crippen LogP contribution in [0.25, 0.3) is 6.08 Å². The van der Waals surface area contributed by atoms with E-state index in [9.17, 15) is 4.55 Å². The maximum Gasteiger partial charge on any atom is 0.136 e. The van der Waals surface area contributed by atoms with Crippen LogP contribution in [0.3, 0.4) is 0 Å². The molecule has 0 aliphatic carbocycles. The third-order valence-electron chi connectivity index (χ3n) is 2.74. The highest BCUT2D eigenvalue weighted by Gasteiger charge is 2.30. The smallest absolute Gasteiger partial charge is 0.136 e. The van der Waals surface area contributed by atoms with Gasteiger partial charge in [0, 0.05) is 17.6 Å².